The molecule has 0 saturated heterocycles. The number of carbonyl (C=O) groups excluding carboxylic acids is 1. The van der Waals surface area contributed by atoms with Crippen LogP contribution in [-0.4, -0.2) is 24.9 Å². The van der Waals surface area contributed by atoms with Gasteiger partial charge in [-0.1, -0.05) is 60.2 Å². The summed E-state index contributed by atoms with van der Waals surface area (Å²) in [6, 6.07) is 18.1. The van der Waals surface area contributed by atoms with E-state index < -0.39 is 0 Å². The molecule has 98 valence electrons. The van der Waals surface area contributed by atoms with Crippen molar-refractivity contribution < 1.29 is 4.79 Å². The number of benzene rings is 2. The van der Waals surface area contributed by atoms with Crippen molar-refractivity contribution in [3.8, 4) is 0 Å². The molecular weight excluding hydrogens is 234 g/mol. The number of hydrogen-bond donors (Lipinski definition) is 0. The van der Waals surface area contributed by atoms with Crippen molar-refractivity contribution in [3.63, 3.8) is 0 Å². The quantitative estimate of drug-likeness (QED) is 0.822. The van der Waals surface area contributed by atoms with Gasteiger partial charge in [0.1, 0.15) is 0 Å². The lowest BCUT2D eigenvalue weighted by atomic mass is 9.90. The van der Waals surface area contributed by atoms with Gasteiger partial charge in [0.15, 0.2) is 0 Å². The normalized spacial score (nSPS) is 11.9. The Bertz CT molecular complexity index is 543. The first-order valence-electron chi connectivity index (χ1n) is 6.42. The summed E-state index contributed by atoms with van der Waals surface area (Å²) in [5, 5.41) is 0. The summed E-state index contributed by atoms with van der Waals surface area (Å²) in [6.07, 6.45) is 0. The molecule has 1 amide bonds. The minimum absolute atomic E-state index is 0.107. The van der Waals surface area contributed by atoms with E-state index in [1.807, 2.05) is 54.6 Å². The zero-order valence-electron chi connectivity index (χ0n) is 11.6. The smallest absolute Gasteiger partial charge is 0.234 e. The monoisotopic (exact) mass is 253 g/mol. The Kier molecular flexibility index (Phi) is 4.00. The molecule has 0 fully saturated rings. The fraction of sp³-hybridized carbons (Fsp3) is 0.235. The third-order valence-corrected chi connectivity index (χ3v) is 3.23. The molecular formula is C17H19NO. The van der Waals surface area contributed by atoms with Gasteiger partial charge in [0.2, 0.25) is 5.91 Å². The van der Waals surface area contributed by atoms with E-state index in [-0.39, 0.29) is 11.8 Å². The fourth-order valence-corrected chi connectivity index (χ4v) is 2.14. The lowest BCUT2D eigenvalue weighted by Crippen LogP contribution is -2.28. The Morgan fingerprint density at radius 3 is 1.95 bits per heavy atom. The van der Waals surface area contributed by atoms with Gasteiger partial charge in [0.25, 0.3) is 0 Å². The standard InChI is InChI=1S/C17H19NO/c1-13-9-11-15(12-10-13)16(17(19)18(2)3)14-7-5-4-6-8-14/h4-12,16H,1-3H3. The van der Waals surface area contributed by atoms with Gasteiger partial charge in [0, 0.05) is 14.1 Å². The number of hydrogen-bond acceptors (Lipinski definition) is 1. The average Bonchev–Trinajstić information content (AvgIpc) is 2.42. The van der Waals surface area contributed by atoms with Crippen LogP contribution in [-0.2, 0) is 4.79 Å². The molecule has 1 atom stereocenters. The third-order valence-electron chi connectivity index (χ3n) is 3.23. The van der Waals surface area contributed by atoms with E-state index in [4.69, 9.17) is 0 Å². The van der Waals surface area contributed by atoms with Crippen molar-refractivity contribution in [1.29, 1.82) is 0 Å². The Balaban J connectivity index is 2.46. The van der Waals surface area contributed by atoms with Gasteiger partial charge in [-0.25, -0.2) is 0 Å². The lowest BCUT2D eigenvalue weighted by Gasteiger charge is -2.21. The third kappa shape index (κ3) is 3.02. The van der Waals surface area contributed by atoms with Crippen LogP contribution >= 0.6 is 0 Å². The van der Waals surface area contributed by atoms with Crippen LogP contribution < -0.4 is 0 Å². The molecule has 0 bridgehead atoms. The maximum absolute atomic E-state index is 12.5. The van der Waals surface area contributed by atoms with Gasteiger partial charge in [0.05, 0.1) is 5.92 Å². The largest absolute Gasteiger partial charge is 0.348 e. The summed E-state index contributed by atoms with van der Waals surface area (Å²) in [7, 11) is 3.60. The predicted octanol–water partition coefficient (Wildman–Crippen LogP) is 3.22. The zero-order valence-corrected chi connectivity index (χ0v) is 11.6. The van der Waals surface area contributed by atoms with E-state index in [2.05, 4.69) is 6.92 Å². The van der Waals surface area contributed by atoms with Crippen molar-refractivity contribution in [2.24, 2.45) is 0 Å². The molecule has 0 aliphatic heterocycles. The summed E-state index contributed by atoms with van der Waals surface area (Å²) in [4.78, 5) is 14.1. The molecule has 0 heterocycles. The Labute approximate surface area is 114 Å². The second-order valence-corrected chi connectivity index (χ2v) is 4.99. The first-order chi connectivity index (χ1) is 9.09. The Hall–Kier alpha value is -2.09. The van der Waals surface area contributed by atoms with Crippen molar-refractivity contribution >= 4 is 5.91 Å². The molecule has 0 saturated carbocycles. The Morgan fingerprint density at radius 2 is 1.42 bits per heavy atom. The van der Waals surface area contributed by atoms with Crippen LogP contribution in [0.1, 0.15) is 22.6 Å². The SMILES string of the molecule is Cc1ccc(C(C(=O)N(C)C)c2ccccc2)cc1. The second-order valence-electron chi connectivity index (χ2n) is 4.99. The van der Waals surface area contributed by atoms with Crippen LogP contribution in [0.4, 0.5) is 0 Å². The number of amides is 1. The first kappa shape index (κ1) is 13.3. The topological polar surface area (TPSA) is 20.3 Å². The van der Waals surface area contributed by atoms with E-state index in [1.165, 1.54) is 5.56 Å². The van der Waals surface area contributed by atoms with E-state index in [0.29, 0.717) is 0 Å². The van der Waals surface area contributed by atoms with Crippen molar-refractivity contribution in [3.05, 3.63) is 71.3 Å². The molecule has 2 aromatic rings. The number of aryl methyl sites for hydroxylation is 1. The molecule has 0 spiro atoms. The molecule has 19 heavy (non-hydrogen) atoms. The van der Waals surface area contributed by atoms with Crippen LogP contribution in [0, 0.1) is 6.92 Å². The molecule has 0 aromatic heterocycles. The van der Waals surface area contributed by atoms with Gasteiger partial charge in [-0.3, -0.25) is 4.79 Å². The van der Waals surface area contributed by atoms with Crippen LogP contribution in [0.15, 0.2) is 54.6 Å². The maximum atomic E-state index is 12.5. The molecule has 0 aliphatic rings. The molecule has 0 aliphatic carbocycles. The summed E-state index contributed by atoms with van der Waals surface area (Å²) < 4.78 is 0. The van der Waals surface area contributed by atoms with Gasteiger partial charge >= 0.3 is 0 Å². The van der Waals surface area contributed by atoms with E-state index in [0.717, 1.165) is 11.1 Å². The molecule has 2 rings (SSSR count). The number of rotatable bonds is 3. The highest BCUT2D eigenvalue weighted by atomic mass is 16.2. The molecule has 0 N–H and O–H groups in total. The highest BCUT2D eigenvalue weighted by molar-refractivity contribution is 5.86. The number of carbonyl (C=O) groups is 1. The maximum Gasteiger partial charge on any atom is 0.234 e. The van der Waals surface area contributed by atoms with Crippen molar-refractivity contribution in [2.45, 2.75) is 12.8 Å². The van der Waals surface area contributed by atoms with Crippen LogP contribution in [0.25, 0.3) is 0 Å². The summed E-state index contributed by atoms with van der Waals surface area (Å²) in [5.74, 6) is -0.119. The highest BCUT2D eigenvalue weighted by Crippen LogP contribution is 2.26. The van der Waals surface area contributed by atoms with Gasteiger partial charge < -0.3 is 4.90 Å². The number of likely N-dealkylation sites (N-methyl/N-ethyl adjacent to an activating group) is 1. The molecule has 1 unspecified atom stereocenters. The highest BCUT2D eigenvalue weighted by Gasteiger charge is 2.23. The molecule has 2 nitrogen and oxygen atoms in total. The van der Waals surface area contributed by atoms with E-state index >= 15 is 0 Å². The minimum atomic E-state index is -0.225. The predicted molar refractivity (Wildman–Crippen MR) is 78.2 cm³/mol. The zero-order chi connectivity index (χ0) is 13.8. The average molecular weight is 253 g/mol. The summed E-state index contributed by atoms with van der Waals surface area (Å²) >= 11 is 0. The van der Waals surface area contributed by atoms with Crippen molar-refractivity contribution in [2.75, 3.05) is 14.1 Å². The summed E-state index contributed by atoms with van der Waals surface area (Å²) in [6.45, 7) is 2.05. The van der Waals surface area contributed by atoms with E-state index in [1.54, 1.807) is 19.0 Å². The Morgan fingerprint density at radius 1 is 0.895 bits per heavy atom. The fourth-order valence-electron chi connectivity index (χ4n) is 2.14. The van der Waals surface area contributed by atoms with Crippen LogP contribution in [0.3, 0.4) is 0 Å². The van der Waals surface area contributed by atoms with Crippen LogP contribution in [0.5, 0.6) is 0 Å². The second kappa shape index (κ2) is 5.70. The van der Waals surface area contributed by atoms with Crippen molar-refractivity contribution in [1.82, 2.24) is 4.90 Å². The lowest BCUT2D eigenvalue weighted by molar-refractivity contribution is -0.129. The molecule has 0 radical (unpaired) electrons. The molecule has 2 aromatic carbocycles. The van der Waals surface area contributed by atoms with Gasteiger partial charge in [-0.2, -0.15) is 0 Å². The van der Waals surface area contributed by atoms with Gasteiger partial charge in [-0.05, 0) is 18.1 Å². The number of nitrogens with zero attached hydrogens (tertiary/aromatic N) is 1. The van der Waals surface area contributed by atoms with E-state index in [9.17, 15) is 4.79 Å². The van der Waals surface area contributed by atoms with Crippen LogP contribution in [0.2, 0.25) is 0 Å². The summed E-state index contributed by atoms with van der Waals surface area (Å²) in [5.41, 5.74) is 3.27. The minimum Gasteiger partial charge on any atom is -0.348 e. The molecule has 2 heteroatoms. The first-order valence-corrected chi connectivity index (χ1v) is 6.42. The van der Waals surface area contributed by atoms with Gasteiger partial charge in [-0.15, -0.1) is 0 Å².